The Morgan fingerprint density at radius 3 is 2.54 bits per heavy atom. The van der Waals surface area contributed by atoms with Crippen LogP contribution in [0, 0.1) is 6.92 Å². The molecule has 1 aliphatic heterocycles. The van der Waals surface area contributed by atoms with E-state index in [1.807, 2.05) is 13.8 Å². The Morgan fingerprint density at radius 1 is 1.23 bits per heavy atom. The standard InChI is InChI=1S/C19H30N4O3/c1-5-26-19(24)23-12-10-22(11-13-23)18(20-3)21-9-8-16-7-6-15(2)17(14-16)25-4/h6-7,14H,5,8-13H2,1-4H3,(H,20,21). The summed E-state index contributed by atoms with van der Waals surface area (Å²) in [4.78, 5) is 20.1. The van der Waals surface area contributed by atoms with Crippen molar-refractivity contribution in [1.29, 1.82) is 0 Å². The van der Waals surface area contributed by atoms with Crippen molar-refractivity contribution in [1.82, 2.24) is 15.1 Å². The van der Waals surface area contributed by atoms with Gasteiger partial charge < -0.3 is 24.6 Å². The number of carbonyl (C=O) groups is 1. The summed E-state index contributed by atoms with van der Waals surface area (Å²) in [7, 11) is 3.48. The molecular formula is C19H30N4O3. The molecule has 0 saturated carbocycles. The first-order chi connectivity index (χ1) is 12.6. The summed E-state index contributed by atoms with van der Waals surface area (Å²) in [6.45, 7) is 7.85. The second-order valence-corrected chi connectivity index (χ2v) is 6.20. The summed E-state index contributed by atoms with van der Waals surface area (Å²) in [5, 5.41) is 3.41. The number of hydrogen-bond donors (Lipinski definition) is 1. The molecule has 7 nitrogen and oxygen atoms in total. The highest BCUT2D eigenvalue weighted by Gasteiger charge is 2.23. The molecule has 1 amide bonds. The third-order valence-electron chi connectivity index (χ3n) is 4.49. The molecule has 0 aliphatic carbocycles. The minimum Gasteiger partial charge on any atom is -0.496 e. The summed E-state index contributed by atoms with van der Waals surface area (Å²) < 4.78 is 10.4. The zero-order valence-corrected chi connectivity index (χ0v) is 16.2. The fourth-order valence-corrected chi connectivity index (χ4v) is 2.99. The number of piperazine rings is 1. The average molecular weight is 362 g/mol. The van der Waals surface area contributed by atoms with E-state index < -0.39 is 0 Å². The van der Waals surface area contributed by atoms with Gasteiger partial charge in [-0.3, -0.25) is 4.99 Å². The van der Waals surface area contributed by atoms with E-state index in [-0.39, 0.29) is 6.09 Å². The van der Waals surface area contributed by atoms with Crippen LogP contribution in [-0.2, 0) is 11.2 Å². The Kier molecular flexibility index (Phi) is 7.56. The van der Waals surface area contributed by atoms with Crippen LogP contribution in [0.2, 0.25) is 0 Å². The summed E-state index contributed by atoms with van der Waals surface area (Å²) in [5.41, 5.74) is 2.36. The molecule has 0 spiro atoms. The Labute approximate surface area is 156 Å². The molecule has 0 unspecified atom stereocenters. The molecule has 1 N–H and O–H groups in total. The number of aliphatic imine (C=N–C) groups is 1. The number of methoxy groups -OCH3 is 1. The summed E-state index contributed by atoms with van der Waals surface area (Å²) in [6, 6.07) is 6.29. The van der Waals surface area contributed by atoms with Crippen LogP contribution in [0.5, 0.6) is 5.75 Å². The SMILES string of the molecule is CCOC(=O)N1CCN(C(=NC)NCCc2ccc(C)c(OC)c2)CC1. The lowest BCUT2D eigenvalue weighted by Crippen LogP contribution is -2.54. The van der Waals surface area contributed by atoms with Crippen LogP contribution in [-0.4, -0.2) is 75.3 Å². The first-order valence-electron chi connectivity index (χ1n) is 9.09. The Bertz CT molecular complexity index is 625. The highest BCUT2D eigenvalue weighted by atomic mass is 16.6. The van der Waals surface area contributed by atoms with E-state index in [0.717, 1.165) is 43.3 Å². The predicted molar refractivity (Wildman–Crippen MR) is 103 cm³/mol. The molecule has 2 rings (SSSR count). The predicted octanol–water partition coefficient (Wildman–Crippen LogP) is 1.90. The third kappa shape index (κ3) is 5.28. The first-order valence-corrected chi connectivity index (χ1v) is 9.09. The molecule has 1 aliphatic rings. The van der Waals surface area contributed by atoms with Gasteiger partial charge in [-0.05, 0) is 37.5 Å². The molecule has 0 aromatic heterocycles. The van der Waals surface area contributed by atoms with Gasteiger partial charge in [0.25, 0.3) is 0 Å². The Morgan fingerprint density at radius 2 is 1.92 bits per heavy atom. The van der Waals surface area contributed by atoms with E-state index in [1.54, 1.807) is 19.1 Å². The van der Waals surface area contributed by atoms with E-state index in [1.165, 1.54) is 5.56 Å². The van der Waals surface area contributed by atoms with Gasteiger partial charge in [0.1, 0.15) is 5.75 Å². The van der Waals surface area contributed by atoms with Crippen molar-refractivity contribution in [3.8, 4) is 5.75 Å². The normalized spacial score (nSPS) is 15.0. The zero-order valence-electron chi connectivity index (χ0n) is 16.2. The molecule has 1 aromatic rings. The number of nitrogens with one attached hydrogen (secondary N) is 1. The lowest BCUT2D eigenvalue weighted by molar-refractivity contribution is 0.0915. The van der Waals surface area contributed by atoms with Crippen molar-refractivity contribution < 1.29 is 14.3 Å². The van der Waals surface area contributed by atoms with E-state index in [2.05, 4.69) is 33.4 Å². The van der Waals surface area contributed by atoms with Crippen molar-refractivity contribution in [2.24, 2.45) is 4.99 Å². The van der Waals surface area contributed by atoms with E-state index in [4.69, 9.17) is 9.47 Å². The van der Waals surface area contributed by atoms with Crippen LogP contribution < -0.4 is 10.1 Å². The second kappa shape index (κ2) is 9.89. The lowest BCUT2D eigenvalue weighted by Gasteiger charge is -2.35. The van der Waals surface area contributed by atoms with Gasteiger partial charge >= 0.3 is 6.09 Å². The molecule has 1 aromatic carbocycles. The van der Waals surface area contributed by atoms with Gasteiger partial charge in [0.2, 0.25) is 0 Å². The number of amides is 1. The maximum Gasteiger partial charge on any atom is 0.409 e. The molecular weight excluding hydrogens is 332 g/mol. The van der Waals surface area contributed by atoms with Crippen molar-refractivity contribution in [3.63, 3.8) is 0 Å². The minimum atomic E-state index is -0.233. The topological polar surface area (TPSA) is 66.4 Å². The number of benzene rings is 1. The summed E-state index contributed by atoms with van der Waals surface area (Å²) >= 11 is 0. The number of carbonyl (C=O) groups excluding carboxylic acids is 1. The first kappa shape index (κ1) is 19.9. The summed E-state index contributed by atoms with van der Waals surface area (Å²) in [6.07, 6.45) is 0.654. The Hall–Kier alpha value is -2.44. The largest absolute Gasteiger partial charge is 0.496 e. The molecule has 1 fully saturated rings. The molecule has 26 heavy (non-hydrogen) atoms. The maximum absolute atomic E-state index is 11.8. The van der Waals surface area contributed by atoms with Crippen LogP contribution in [0.15, 0.2) is 23.2 Å². The smallest absolute Gasteiger partial charge is 0.409 e. The maximum atomic E-state index is 11.8. The average Bonchev–Trinajstić information content (AvgIpc) is 2.67. The second-order valence-electron chi connectivity index (χ2n) is 6.20. The van der Waals surface area contributed by atoms with Crippen LogP contribution in [0.3, 0.4) is 0 Å². The van der Waals surface area contributed by atoms with Gasteiger partial charge in [0.05, 0.1) is 13.7 Å². The zero-order chi connectivity index (χ0) is 18.9. The number of aryl methyl sites for hydroxylation is 1. The van der Waals surface area contributed by atoms with Gasteiger partial charge in [-0.2, -0.15) is 0 Å². The monoisotopic (exact) mass is 362 g/mol. The van der Waals surface area contributed by atoms with Gasteiger partial charge in [0.15, 0.2) is 5.96 Å². The summed E-state index contributed by atoms with van der Waals surface area (Å²) in [5.74, 6) is 1.79. The minimum absolute atomic E-state index is 0.233. The number of guanidine groups is 1. The highest BCUT2D eigenvalue weighted by molar-refractivity contribution is 5.80. The number of nitrogens with zero attached hydrogens (tertiary/aromatic N) is 3. The van der Waals surface area contributed by atoms with Gasteiger partial charge in [-0.1, -0.05) is 12.1 Å². The third-order valence-corrected chi connectivity index (χ3v) is 4.49. The van der Waals surface area contributed by atoms with Crippen molar-refractivity contribution in [3.05, 3.63) is 29.3 Å². The van der Waals surface area contributed by atoms with Crippen LogP contribution in [0.25, 0.3) is 0 Å². The van der Waals surface area contributed by atoms with Gasteiger partial charge in [0, 0.05) is 39.8 Å². The van der Waals surface area contributed by atoms with E-state index in [0.29, 0.717) is 19.7 Å². The highest BCUT2D eigenvalue weighted by Crippen LogP contribution is 2.19. The number of hydrogen-bond acceptors (Lipinski definition) is 4. The van der Waals surface area contributed by atoms with Crippen molar-refractivity contribution in [2.45, 2.75) is 20.3 Å². The lowest BCUT2D eigenvalue weighted by atomic mass is 10.1. The van der Waals surface area contributed by atoms with Gasteiger partial charge in [-0.15, -0.1) is 0 Å². The van der Waals surface area contributed by atoms with E-state index in [9.17, 15) is 4.79 Å². The molecule has 0 radical (unpaired) electrons. The number of rotatable bonds is 5. The van der Waals surface area contributed by atoms with Crippen LogP contribution >= 0.6 is 0 Å². The molecule has 1 saturated heterocycles. The van der Waals surface area contributed by atoms with Crippen LogP contribution in [0.1, 0.15) is 18.1 Å². The Balaban J connectivity index is 1.81. The van der Waals surface area contributed by atoms with Crippen molar-refractivity contribution in [2.75, 3.05) is 53.5 Å². The molecule has 7 heteroatoms. The molecule has 0 bridgehead atoms. The fraction of sp³-hybridized carbons (Fsp3) is 0.579. The van der Waals surface area contributed by atoms with E-state index >= 15 is 0 Å². The van der Waals surface area contributed by atoms with Crippen LogP contribution in [0.4, 0.5) is 4.79 Å². The van der Waals surface area contributed by atoms with Crippen molar-refractivity contribution >= 4 is 12.1 Å². The quantitative estimate of drug-likeness (QED) is 0.640. The molecule has 144 valence electrons. The van der Waals surface area contributed by atoms with Gasteiger partial charge in [-0.25, -0.2) is 4.79 Å². The number of ether oxygens (including phenoxy) is 2. The fourth-order valence-electron chi connectivity index (χ4n) is 2.99. The molecule has 1 heterocycles. The molecule has 0 atom stereocenters.